The van der Waals surface area contributed by atoms with Crippen molar-refractivity contribution >= 4 is 21.6 Å². The highest BCUT2D eigenvalue weighted by molar-refractivity contribution is 9.10. The molecule has 0 spiro atoms. The van der Waals surface area contributed by atoms with E-state index in [9.17, 15) is 5.11 Å². The lowest BCUT2D eigenvalue weighted by atomic mass is 10.1. The average Bonchev–Trinajstić information content (AvgIpc) is 2.30. The Morgan fingerprint density at radius 2 is 1.84 bits per heavy atom. The maximum absolute atomic E-state index is 9.27. The molecule has 0 fully saturated rings. The van der Waals surface area contributed by atoms with Crippen molar-refractivity contribution in [3.8, 4) is 5.75 Å². The van der Waals surface area contributed by atoms with Gasteiger partial charge in [0.2, 0.25) is 0 Å². The first-order chi connectivity index (χ1) is 9.02. The zero-order valence-corrected chi connectivity index (χ0v) is 12.7. The number of rotatable bonds is 4. The summed E-state index contributed by atoms with van der Waals surface area (Å²) in [6.45, 7) is 4.24. The van der Waals surface area contributed by atoms with Gasteiger partial charge in [0, 0.05) is 16.2 Å². The first-order valence-corrected chi connectivity index (χ1v) is 7.14. The molecule has 2 nitrogen and oxygen atoms in total. The van der Waals surface area contributed by atoms with Gasteiger partial charge in [-0.3, -0.25) is 0 Å². The number of phenols is 1. The number of aromatic hydroxyl groups is 1. The number of hydrogen-bond donors (Lipinski definition) is 2. The predicted molar refractivity (Wildman–Crippen MR) is 83.8 cm³/mol. The molecule has 2 rings (SSSR count). The molecule has 2 N–H and O–H groups in total. The molecule has 0 aliphatic carbocycles. The van der Waals surface area contributed by atoms with Crippen LogP contribution in [-0.2, 0) is 6.42 Å². The molecule has 0 aromatic heterocycles. The van der Waals surface area contributed by atoms with Crippen LogP contribution in [0.5, 0.6) is 5.75 Å². The number of nitrogens with one attached hydrogen (secondary N) is 1. The third-order valence-corrected chi connectivity index (χ3v) is 3.39. The maximum atomic E-state index is 9.27. The number of hydrogen-bond acceptors (Lipinski definition) is 2. The molecule has 0 saturated heterocycles. The van der Waals surface area contributed by atoms with E-state index in [2.05, 4.69) is 53.3 Å². The van der Waals surface area contributed by atoms with Gasteiger partial charge in [0.1, 0.15) is 5.75 Å². The van der Waals surface area contributed by atoms with E-state index in [4.69, 9.17) is 0 Å². The van der Waals surface area contributed by atoms with E-state index in [1.54, 1.807) is 12.1 Å². The average molecular weight is 320 g/mol. The lowest BCUT2D eigenvalue weighted by Crippen LogP contribution is -2.18. The third kappa shape index (κ3) is 4.28. The van der Waals surface area contributed by atoms with Crippen molar-refractivity contribution in [1.29, 1.82) is 0 Å². The molecule has 1 atom stereocenters. The molecule has 0 aliphatic rings. The Bertz CT molecular complexity index is 531. The fourth-order valence-corrected chi connectivity index (χ4v) is 2.75. The van der Waals surface area contributed by atoms with Crippen molar-refractivity contribution < 1.29 is 5.11 Å². The molecule has 2 aromatic carbocycles. The fourth-order valence-electron chi connectivity index (χ4n) is 2.14. The largest absolute Gasteiger partial charge is 0.508 e. The minimum absolute atomic E-state index is 0.312. The zero-order chi connectivity index (χ0) is 13.8. The summed E-state index contributed by atoms with van der Waals surface area (Å²) in [5, 5.41) is 12.8. The summed E-state index contributed by atoms with van der Waals surface area (Å²) in [6.07, 6.45) is 0.922. The Morgan fingerprint density at radius 3 is 2.47 bits per heavy atom. The van der Waals surface area contributed by atoms with Crippen LogP contribution >= 0.6 is 15.9 Å². The Morgan fingerprint density at radius 1 is 1.16 bits per heavy atom. The summed E-state index contributed by atoms with van der Waals surface area (Å²) in [4.78, 5) is 0. The van der Waals surface area contributed by atoms with Gasteiger partial charge in [-0.2, -0.15) is 0 Å². The molecule has 3 heteroatoms. The molecular formula is C16H18BrNO. The second-order valence-corrected chi connectivity index (χ2v) is 5.85. The van der Waals surface area contributed by atoms with Gasteiger partial charge in [0.15, 0.2) is 0 Å². The van der Waals surface area contributed by atoms with Crippen molar-refractivity contribution in [1.82, 2.24) is 0 Å². The Labute approximate surface area is 122 Å². The molecule has 0 aliphatic heterocycles. The van der Waals surface area contributed by atoms with Crippen molar-refractivity contribution in [3.63, 3.8) is 0 Å². The summed E-state index contributed by atoms with van der Waals surface area (Å²) in [5.41, 5.74) is 3.57. The van der Waals surface area contributed by atoms with Gasteiger partial charge in [0.05, 0.1) is 0 Å². The summed E-state index contributed by atoms with van der Waals surface area (Å²) >= 11 is 3.51. The molecular weight excluding hydrogens is 302 g/mol. The number of halogens is 1. The monoisotopic (exact) mass is 319 g/mol. The van der Waals surface area contributed by atoms with E-state index in [0.29, 0.717) is 11.8 Å². The van der Waals surface area contributed by atoms with Crippen LogP contribution < -0.4 is 5.32 Å². The highest BCUT2D eigenvalue weighted by atomic mass is 79.9. The highest BCUT2D eigenvalue weighted by Crippen LogP contribution is 2.20. The van der Waals surface area contributed by atoms with Crippen molar-refractivity contribution in [3.05, 3.63) is 58.1 Å². The third-order valence-electron chi connectivity index (χ3n) is 2.93. The van der Waals surface area contributed by atoms with Gasteiger partial charge in [-0.15, -0.1) is 0 Å². The SMILES string of the molecule is Cc1cc(Br)cc(NC(C)Cc2ccc(O)cc2)c1. The number of phenolic OH excluding ortho intramolecular Hbond substituents is 1. The van der Waals surface area contributed by atoms with Crippen LogP contribution in [0.2, 0.25) is 0 Å². The molecule has 0 amide bonds. The number of aryl methyl sites for hydroxylation is 1. The quantitative estimate of drug-likeness (QED) is 0.869. The van der Waals surface area contributed by atoms with Gasteiger partial charge in [-0.25, -0.2) is 0 Å². The van der Waals surface area contributed by atoms with E-state index < -0.39 is 0 Å². The molecule has 0 bridgehead atoms. The van der Waals surface area contributed by atoms with Crippen LogP contribution in [-0.4, -0.2) is 11.1 Å². The molecule has 0 heterocycles. The van der Waals surface area contributed by atoms with E-state index in [1.807, 2.05) is 12.1 Å². The van der Waals surface area contributed by atoms with Crippen LogP contribution in [0.25, 0.3) is 0 Å². The fraction of sp³-hybridized carbons (Fsp3) is 0.250. The smallest absolute Gasteiger partial charge is 0.115 e. The second-order valence-electron chi connectivity index (χ2n) is 4.93. The van der Waals surface area contributed by atoms with Crippen molar-refractivity contribution in [2.24, 2.45) is 0 Å². The molecule has 100 valence electrons. The van der Waals surface area contributed by atoms with Crippen LogP contribution in [0, 0.1) is 6.92 Å². The topological polar surface area (TPSA) is 32.3 Å². The van der Waals surface area contributed by atoms with Crippen LogP contribution in [0.15, 0.2) is 46.9 Å². The van der Waals surface area contributed by atoms with Gasteiger partial charge < -0.3 is 10.4 Å². The summed E-state index contributed by atoms with van der Waals surface area (Å²) in [5.74, 6) is 0.312. The Hall–Kier alpha value is -1.48. The molecule has 1 unspecified atom stereocenters. The van der Waals surface area contributed by atoms with Crippen LogP contribution in [0.3, 0.4) is 0 Å². The summed E-state index contributed by atoms with van der Waals surface area (Å²) < 4.78 is 1.09. The summed E-state index contributed by atoms with van der Waals surface area (Å²) in [7, 11) is 0. The number of benzene rings is 2. The zero-order valence-electron chi connectivity index (χ0n) is 11.2. The minimum atomic E-state index is 0.312. The molecule has 19 heavy (non-hydrogen) atoms. The second kappa shape index (κ2) is 6.11. The maximum Gasteiger partial charge on any atom is 0.115 e. The predicted octanol–water partition coefficient (Wildman–Crippen LogP) is 4.51. The van der Waals surface area contributed by atoms with Gasteiger partial charge >= 0.3 is 0 Å². The van der Waals surface area contributed by atoms with E-state index in [0.717, 1.165) is 16.6 Å². The first kappa shape index (κ1) is 13.9. The Kier molecular flexibility index (Phi) is 4.48. The van der Waals surface area contributed by atoms with E-state index in [1.165, 1.54) is 11.1 Å². The van der Waals surface area contributed by atoms with Gasteiger partial charge in [0.25, 0.3) is 0 Å². The van der Waals surface area contributed by atoms with Gasteiger partial charge in [-0.05, 0) is 61.7 Å². The minimum Gasteiger partial charge on any atom is -0.508 e. The standard InChI is InChI=1S/C16H18BrNO/c1-11-7-14(17)10-15(8-11)18-12(2)9-13-3-5-16(19)6-4-13/h3-8,10,12,18-19H,9H2,1-2H3. The molecule has 0 radical (unpaired) electrons. The summed E-state index contributed by atoms with van der Waals surface area (Å²) in [6, 6.07) is 14.0. The van der Waals surface area contributed by atoms with E-state index in [-0.39, 0.29) is 0 Å². The normalized spacial score (nSPS) is 12.2. The Balaban J connectivity index is 2.00. The van der Waals surface area contributed by atoms with Crippen molar-refractivity contribution in [2.75, 3.05) is 5.32 Å². The molecule has 2 aromatic rings. The first-order valence-electron chi connectivity index (χ1n) is 6.34. The highest BCUT2D eigenvalue weighted by Gasteiger charge is 2.05. The van der Waals surface area contributed by atoms with Gasteiger partial charge in [-0.1, -0.05) is 28.1 Å². The van der Waals surface area contributed by atoms with E-state index >= 15 is 0 Å². The number of anilines is 1. The van der Waals surface area contributed by atoms with Crippen molar-refractivity contribution in [2.45, 2.75) is 26.3 Å². The lowest BCUT2D eigenvalue weighted by molar-refractivity contribution is 0.475. The lowest BCUT2D eigenvalue weighted by Gasteiger charge is -2.16. The molecule has 0 saturated carbocycles. The van der Waals surface area contributed by atoms with Crippen LogP contribution in [0.4, 0.5) is 5.69 Å². The van der Waals surface area contributed by atoms with Crippen LogP contribution in [0.1, 0.15) is 18.1 Å².